The van der Waals surface area contributed by atoms with Crippen LogP contribution in [0.4, 0.5) is 11.4 Å². The lowest BCUT2D eigenvalue weighted by atomic mass is 10.1. The molecule has 2 heterocycles. The monoisotopic (exact) mass is 411 g/mol. The summed E-state index contributed by atoms with van der Waals surface area (Å²) in [7, 11) is 0. The molecule has 2 aromatic rings. The van der Waals surface area contributed by atoms with E-state index in [1.807, 2.05) is 59.5 Å². The highest BCUT2D eigenvalue weighted by Gasteiger charge is 2.34. The van der Waals surface area contributed by atoms with E-state index in [1.54, 1.807) is 4.90 Å². The van der Waals surface area contributed by atoms with E-state index in [4.69, 9.17) is 11.6 Å². The first kappa shape index (κ1) is 19.5. The number of carbonyl (C=O) groups is 3. The summed E-state index contributed by atoms with van der Waals surface area (Å²) in [5, 5.41) is -0.458. The van der Waals surface area contributed by atoms with Gasteiger partial charge in [0, 0.05) is 56.1 Å². The predicted molar refractivity (Wildman–Crippen MR) is 112 cm³/mol. The molecule has 2 fully saturated rings. The Hall–Kier alpha value is -2.86. The van der Waals surface area contributed by atoms with Crippen molar-refractivity contribution in [3.05, 3.63) is 60.2 Å². The zero-order chi connectivity index (χ0) is 20.4. The van der Waals surface area contributed by atoms with Crippen LogP contribution in [0.1, 0.15) is 16.8 Å². The van der Waals surface area contributed by atoms with Gasteiger partial charge in [0.05, 0.1) is 5.92 Å². The Kier molecular flexibility index (Phi) is 5.53. The van der Waals surface area contributed by atoms with Crippen molar-refractivity contribution < 1.29 is 14.4 Å². The smallest absolute Gasteiger partial charge is 0.253 e. The van der Waals surface area contributed by atoms with Gasteiger partial charge in [0.2, 0.25) is 11.1 Å². The van der Waals surface area contributed by atoms with Crippen LogP contribution in [-0.2, 0) is 9.59 Å². The fourth-order valence-electron chi connectivity index (χ4n) is 3.88. The minimum atomic E-state index is -0.458. The van der Waals surface area contributed by atoms with Gasteiger partial charge in [-0.2, -0.15) is 0 Å². The Morgan fingerprint density at radius 3 is 2.07 bits per heavy atom. The van der Waals surface area contributed by atoms with Crippen LogP contribution >= 0.6 is 11.6 Å². The number of anilines is 2. The second-order valence-corrected chi connectivity index (χ2v) is 7.74. The van der Waals surface area contributed by atoms with Crippen molar-refractivity contribution in [3.63, 3.8) is 0 Å². The largest absolute Gasteiger partial charge is 0.368 e. The van der Waals surface area contributed by atoms with Crippen LogP contribution in [-0.4, -0.2) is 54.7 Å². The summed E-state index contributed by atoms with van der Waals surface area (Å²) >= 11 is 5.55. The maximum atomic E-state index is 12.6. The summed E-state index contributed by atoms with van der Waals surface area (Å²) in [4.78, 5) is 41.8. The van der Waals surface area contributed by atoms with E-state index >= 15 is 0 Å². The van der Waals surface area contributed by atoms with Crippen molar-refractivity contribution in [3.8, 4) is 0 Å². The third kappa shape index (κ3) is 4.12. The Morgan fingerprint density at radius 2 is 1.48 bits per heavy atom. The van der Waals surface area contributed by atoms with Gasteiger partial charge in [-0.1, -0.05) is 18.2 Å². The van der Waals surface area contributed by atoms with Crippen molar-refractivity contribution in [1.29, 1.82) is 0 Å². The molecule has 2 aliphatic heterocycles. The highest BCUT2D eigenvalue weighted by atomic mass is 35.5. The number of halogens is 1. The van der Waals surface area contributed by atoms with Gasteiger partial charge >= 0.3 is 0 Å². The summed E-state index contributed by atoms with van der Waals surface area (Å²) in [5.74, 6) is -0.444. The zero-order valence-electron chi connectivity index (χ0n) is 16.0. The van der Waals surface area contributed by atoms with Crippen LogP contribution in [0.3, 0.4) is 0 Å². The number of amides is 2. The molecular formula is C22H22ClN3O3. The molecule has 0 spiro atoms. The van der Waals surface area contributed by atoms with E-state index in [1.165, 1.54) is 0 Å². The molecule has 1 atom stereocenters. The highest BCUT2D eigenvalue weighted by Crippen LogP contribution is 2.28. The number of nitrogens with zero attached hydrogens (tertiary/aromatic N) is 3. The zero-order valence-corrected chi connectivity index (χ0v) is 16.7. The molecule has 6 nitrogen and oxygen atoms in total. The maximum Gasteiger partial charge on any atom is 0.253 e. The summed E-state index contributed by atoms with van der Waals surface area (Å²) in [6.07, 6.45) is 0.168. The minimum absolute atomic E-state index is 0.0662. The molecule has 4 rings (SSSR count). The van der Waals surface area contributed by atoms with Crippen LogP contribution in [0, 0.1) is 5.92 Å². The van der Waals surface area contributed by atoms with E-state index < -0.39 is 11.2 Å². The summed E-state index contributed by atoms with van der Waals surface area (Å²) < 4.78 is 0. The Morgan fingerprint density at radius 1 is 0.862 bits per heavy atom. The van der Waals surface area contributed by atoms with E-state index in [0.29, 0.717) is 25.2 Å². The lowest BCUT2D eigenvalue weighted by Crippen LogP contribution is -2.48. The van der Waals surface area contributed by atoms with Crippen LogP contribution in [0.2, 0.25) is 0 Å². The molecule has 0 bridgehead atoms. The van der Waals surface area contributed by atoms with Crippen LogP contribution in [0.5, 0.6) is 0 Å². The molecule has 150 valence electrons. The fraction of sp³-hybridized carbons (Fsp3) is 0.318. The van der Waals surface area contributed by atoms with Crippen molar-refractivity contribution in [1.82, 2.24) is 4.90 Å². The van der Waals surface area contributed by atoms with Crippen molar-refractivity contribution >= 4 is 40.0 Å². The first-order valence-corrected chi connectivity index (χ1v) is 10.1. The molecule has 2 aromatic carbocycles. The lowest BCUT2D eigenvalue weighted by molar-refractivity contribution is -0.120. The average molecular weight is 412 g/mol. The van der Waals surface area contributed by atoms with Gasteiger partial charge in [0.25, 0.3) is 5.91 Å². The summed E-state index contributed by atoms with van der Waals surface area (Å²) in [6, 6.07) is 17.1. The molecule has 0 radical (unpaired) electrons. The van der Waals surface area contributed by atoms with Gasteiger partial charge in [-0.05, 0) is 48.0 Å². The molecule has 0 saturated carbocycles. The predicted octanol–water partition coefficient (Wildman–Crippen LogP) is 2.77. The standard InChI is InChI=1S/C22H22ClN3O3/c23-21(28)17-14-20(27)26(15-17)19-8-6-18(7-9-19)24-10-12-25(13-11-24)22(29)16-4-2-1-3-5-16/h1-9,17H,10-15H2/t17-/m1/s1. The number of carbonyl (C=O) groups excluding carboxylic acids is 3. The molecule has 0 aliphatic carbocycles. The van der Waals surface area contributed by atoms with Crippen molar-refractivity contribution in [2.24, 2.45) is 5.92 Å². The number of piperazine rings is 1. The van der Waals surface area contributed by atoms with E-state index in [-0.39, 0.29) is 18.2 Å². The van der Waals surface area contributed by atoms with E-state index in [9.17, 15) is 14.4 Å². The van der Waals surface area contributed by atoms with Crippen LogP contribution in [0.15, 0.2) is 54.6 Å². The van der Waals surface area contributed by atoms with Crippen LogP contribution < -0.4 is 9.80 Å². The minimum Gasteiger partial charge on any atom is -0.368 e. The van der Waals surface area contributed by atoms with Gasteiger partial charge in [-0.15, -0.1) is 0 Å². The topological polar surface area (TPSA) is 60.9 Å². The third-order valence-corrected chi connectivity index (χ3v) is 5.87. The van der Waals surface area contributed by atoms with Gasteiger partial charge < -0.3 is 14.7 Å². The second kappa shape index (κ2) is 8.25. The van der Waals surface area contributed by atoms with Crippen LogP contribution in [0.25, 0.3) is 0 Å². The van der Waals surface area contributed by atoms with E-state index in [0.717, 1.165) is 24.5 Å². The molecule has 0 unspecified atom stereocenters. The normalized spacial score (nSPS) is 19.6. The number of rotatable bonds is 4. The third-order valence-electron chi connectivity index (χ3n) is 5.56. The maximum absolute atomic E-state index is 12.6. The SMILES string of the molecule is O=C(Cl)[C@@H]1CC(=O)N(c2ccc(N3CCN(C(=O)c4ccccc4)CC3)cc2)C1. The van der Waals surface area contributed by atoms with Crippen molar-refractivity contribution in [2.45, 2.75) is 6.42 Å². The Balaban J connectivity index is 1.37. The first-order chi connectivity index (χ1) is 14.0. The summed E-state index contributed by atoms with van der Waals surface area (Å²) in [6.45, 7) is 3.17. The van der Waals surface area contributed by atoms with Crippen molar-refractivity contribution in [2.75, 3.05) is 42.5 Å². The second-order valence-electron chi connectivity index (χ2n) is 7.37. The van der Waals surface area contributed by atoms with Gasteiger partial charge in [0.15, 0.2) is 0 Å². The number of benzene rings is 2. The molecule has 2 saturated heterocycles. The highest BCUT2D eigenvalue weighted by molar-refractivity contribution is 6.64. The number of hydrogen-bond acceptors (Lipinski definition) is 4. The molecule has 2 aliphatic rings. The molecule has 0 N–H and O–H groups in total. The van der Waals surface area contributed by atoms with Gasteiger partial charge in [0.1, 0.15) is 0 Å². The molecule has 0 aromatic heterocycles. The van der Waals surface area contributed by atoms with Gasteiger partial charge in [-0.25, -0.2) is 0 Å². The average Bonchev–Trinajstić information content (AvgIpc) is 3.16. The fourth-order valence-corrected chi connectivity index (χ4v) is 4.03. The van der Waals surface area contributed by atoms with Gasteiger partial charge in [-0.3, -0.25) is 14.4 Å². The lowest BCUT2D eigenvalue weighted by Gasteiger charge is -2.36. The quantitative estimate of drug-likeness (QED) is 0.726. The Labute approximate surface area is 174 Å². The number of hydrogen-bond donors (Lipinski definition) is 0. The molecule has 2 amide bonds. The van der Waals surface area contributed by atoms with E-state index in [2.05, 4.69) is 4.90 Å². The molecule has 7 heteroatoms. The summed E-state index contributed by atoms with van der Waals surface area (Å²) in [5.41, 5.74) is 2.54. The molecule has 29 heavy (non-hydrogen) atoms. The molecular weight excluding hydrogens is 390 g/mol. The first-order valence-electron chi connectivity index (χ1n) is 9.72. The Bertz CT molecular complexity index is 909.